The number of nitrogens with two attached hydrogens (primary N) is 2. The maximum atomic E-state index is 13.6. The number of Topliss-reactive ketones (excluding diaryl/α,β-unsaturated/α-hetero) is 1. The van der Waals surface area contributed by atoms with Crippen LogP contribution in [-0.2, 0) is 20.9 Å². The molecule has 0 aromatic heterocycles. The first kappa shape index (κ1) is 26.8. The van der Waals surface area contributed by atoms with E-state index >= 15 is 0 Å². The first-order chi connectivity index (χ1) is 16.5. The summed E-state index contributed by atoms with van der Waals surface area (Å²) in [5.41, 5.74) is 13.1. The number of ketones is 1. The molecule has 3 rings (SSSR count). The molecule has 2 aliphatic heterocycles. The molecule has 4 atom stereocenters. The van der Waals surface area contributed by atoms with E-state index in [9.17, 15) is 19.2 Å². The van der Waals surface area contributed by atoms with Gasteiger partial charge in [0.25, 0.3) is 5.91 Å². The Balaban J connectivity index is 1.76. The van der Waals surface area contributed by atoms with Crippen LogP contribution in [0.2, 0.25) is 0 Å². The minimum Gasteiger partial charge on any atom is -0.340 e. The maximum absolute atomic E-state index is 13.6. The summed E-state index contributed by atoms with van der Waals surface area (Å²) in [5.74, 6) is -0.634. The molecule has 192 valence electrons. The summed E-state index contributed by atoms with van der Waals surface area (Å²) in [6.07, 6.45) is 1.49. The number of nitrogens with one attached hydrogen (secondary N) is 1. The molecule has 0 bridgehead atoms. The Morgan fingerprint density at radius 3 is 2.37 bits per heavy atom. The van der Waals surface area contributed by atoms with E-state index in [2.05, 4.69) is 5.32 Å². The van der Waals surface area contributed by atoms with Gasteiger partial charge in [-0.2, -0.15) is 0 Å². The van der Waals surface area contributed by atoms with Crippen LogP contribution in [0.1, 0.15) is 62.9 Å². The van der Waals surface area contributed by atoms with Crippen molar-refractivity contribution < 1.29 is 19.2 Å². The summed E-state index contributed by atoms with van der Waals surface area (Å²) >= 11 is 0. The highest BCUT2D eigenvalue weighted by molar-refractivity contribution is 6.01. The third-order valence-corrected chi connectivity index (χ3v) is 6.77. The summed E-state index contributed by atoms with van der Waals surface area (Å²) in [6, 6.07) is 4.49. The molecule has 35 heavy (non-hydrogen) atoms. The molecule has 2 heterocycles. The van der Waals surface area contributed by atoms with Crippen molar-refractivity contribution in [2.75, 3.05) is 13.1 Å². The van der Waals surface area contributed by atoms with Gasteiger partial charge in [0.2, 0.25) is 11.8 Å². The van der Waals surface area contributed by atoms with Crippen LogP contribution < -0.4 is 16.8 Å². The van der Waals surface area contributed by atoms with Crippen molar-refractivity contribution in [3.63, 3.8) is 0 Å². The van der Waals surface area contributed by atoms with Crippen LogP contribution in [0.15, 0.2) is 24.3 Å². The highest BCUT2D eigenvalue weighted by Gasteiger charge is 2.52. The zero-order chi connectivity index (χ0) is 25.9. The van der Waals surface area contributed by atoms with Crippen LogP contribution in [-0.4, -0.2) is 70.6 Å². The van der Waals surface area contributed by atoms with Crippen LogP contribution in [0.3, 0.4) is 0 Å². The molecule has 9 heteroatoms. The Morgan fingerprint density at radius 1 is 1.06 bits per heavy atom. The summed E-state index contributed by atoms with van der Waals surface area (Å²) in [6.45, 7) is 8.58. The minimum atomic E-state index is -0.775. The van der Waals surface area contributed by atoms with Crippen LogP contribution in [0, 0.1) is 11.8 Å². The van der Waals surface area contributed by atoms with E-state index in [1.54, 1.807) is 28.0 Å². The summed E-state index contributed by atoms with van der Waals surface area (Å²) in [7, 11) is 0. The lowest BCUT2D eigenvalue weighted by Gasteiger charge is -2.29. The van der Waals surface area contributed by atoms with Gasteiger partial charge in [0, 0.05) is 18.7 Å². The van der Waals surface area contributed by atoms with E-state index in [0.717, 1.165) is 5.56 Å². The molecular weight excluding hydrogens is 446 g/mol. The van der Waals surface area contributed by atoms with Gasteiger partial charge >= 0.3 is 0 Å². The van der Waals surface area contributed by atoms with Gasteiger partial charge in [-0.1, -0.05) is 39.8 Å². The average Bonchev–Trinajstić information content (AvgIpc) is 3.38. The van der Waals surface area contributed by atoms with Crippen molar-refractivity contribution in [3.8, 4) is 0 Å². The third kappa shape index (κ3) is 6.08. The standard InChI is InChI=1S/C26H39N5O4/c1-15(2)10-19(28)25(34)31-14-22(32)23-21(31)8-9-30(23)26(35)20(11-16(3)4)29-24(33)18-7-5-6-17(12-18)13-27/h5-7,12,15-16,19-21,23H,8-11,13-14,27-28H2,1-4H3,(H,29,33). The molecule has 0 aliphatic carbocycles. The van der Waals surface area contributed by atoms with Gasteiger partial charge in [-0.25, -0.2) is 0 Å². The van der Waals surface area contributed by atoms with Gasteiger partial charge < -0.3 is 26.6 Å². The number of carbonyl (C=O) groups is 4. The Labute approximate surface area is 207 Å². The van der Waals surface area contributed by atoms with Crippen molar-refractivity contribution in [1.82, 2.24) is 15.1 Å². The quantitative estimate of drug-likeness (QED) is 0.478. The van der Waals surface area contributed by atoms with Gasteiger partial charge in [0.15, 0.2) is 5.78 Å². The molecule has 3 amide bonds. The second-order valence-electron chi connectivity index (χ2n) is 10.6. The number of likely N-dealkylation sites (tertiary alicyclic amines) is 2. The highest BCUT2D eigenvalue weighted by Crippen LogP contribution is 2.31. The predicted molar refractivity (Wildman–Crippen MR) is 133 cm³/mol. The van der Waals surface area contributed by atoms with Gasteiger partial charge in [0.05, 0.1) is 18.6 Å². The molecule has 9 nitrogen and oxygen atoms in total. The van der Waals surface area contributed by atoms with E-state index in [4.69, 9.17) is 11.5 Å². The Morgan fingerprint density at radius 2 is 1.74 bits per heavy atom. The van der Waals surface area contributed by atoms with Gasteiger partial charge in [-0.05, 0) is 48.8 Å². The van der Waals surface area contributed by atoms with Gasteiger partial charge in [0.1, 0.15) is 12.1 Å². The van der Waals surface area contributed by atoms with Crippen molar-refractivity contribution in [3.05, 3.63) is 35.4 Å². The van der Waals surface area contributed by atoms with Crippen molar-refractivity contribution in [1.29, 1.82) is 0 Å². The minimum absolute atomic E-state index is 0.0309. The van der Waals surface area contributed by atoms with Crippen molar-refractivity contribution in [2.45, 2.75) is 77.7 Å². The number of rotatable bonds is 9. The van der Waals surface area contributed by atoms with Crippen molar-refractivity contribution in [2.24, 2.45) is 23.3 Å². The van der Waals surface area contributed by atoms with E-state index in [1.807, 2.05) is 33.8 Å². The zero-order valence-electron chi connectivity index (χ0n) is 21.2. The molecule has 1 aromatic carbocycles. The first-order valence-corrected chi connectivity index (χ1v) is 12.5. The third-order valence-electron chi connectivity index (χ3n) is 6.77. The second kappa shape index (κ2) is 11.3. The Bertz CT molecular complexity index is 963. The lowest BCUT2D eigenvalue weighted by Crippen LogP contribution is -2.53. The SMILES string of the molecule is CC(C)CC(N)C(=O)N1CC(=O)C2C1CCN2C(=O)C(CC(C)C)NC(=O)c1cccc(CN)c1. The first-order valence-electron chi connectivity index (χ1n) is 12.5. The summed E-state index contributed by atoms with van der Waals surface area (Å²) < 4.78 is 0. The lowest BCUT2D eigenvalue weighted by atomic mass is 10.0. The molecular formula is C26H39N5O4. The Kier molecular flexibility index (Phi) is 8.66. The molecule has 5 N–H and O–H groups in total. The van der Waals surface area contributed by atoms with E-state index in [1.165, 1.54) is 0 Å². The van der Waals surface area contributed by atoms with Gasteiger partial charge in [-0.15, -0.1) is 0 Å². The summed E-state index contributed by atoms with van der Waals surface area (Å²) in [5, 5.41) is 2.88. The fraction of sp³-hybridized carbons (Fsp3) is 0.615. The maximum Gasteiger partial charge on any atom is 0.251 e. The number of hydrogen-bond acceptors (Lipinski definition) is 6. The van der Waals surface area contributed by atoms with Crippen LogP contribution in [0.4, 0.5) is 0 Å². The second-order valence-corrected chi connectivity index (χ2v) is 10.6. The van der Waals surface area contributed by atoms with E-state index < -0.39 is 18.1 Å². The molecule has 1 aromatic rings. The number of carbonyl (C=O) groups excluding carboxylic acids is 4. The molecule has 0 saturated carbocycles. The molecule has 2 saturated heterocycles. The molecule has 2 aliphatic rings. The molecule has 0 radical (unpaired) electrons. The number of nitrogens with zero attached hydrogens (tertiary/aromatic N) is 2. The molecule has 2 fully saturated rings. The van der Waals surface area contributed by atoms with E-state index in [-0.39, 0.29) is 47.9 Å². The topological polar surface area (TPSA) is 139 Å². The van der Waals surface area contributed by atoms with Crippen LogP contribution in [0.25, 0.3) is 0 Å². The number of amides is 3. The lowest BCUT2D eigenvalue weighted by molar-refractivity contribution is -0.138. The van der Waals surface area contributed by atoms with Crippen LogP contribution >= 0.6 is 0 Å². The largest absolute Gasteiger partial charge is 0.340 e. The number of fused-ring (bicyclic) bond motifs is 1. The van der Waals surface area contributed by atoms with E-state index in [0.29, 0.717) is 37.9 Å². The van der Waals surface area contributed by atoms with Crippen molar-refractivity contribution >= 4 is 23.5 Å². The predicted octanol–water partition coefficient (Wildman–Crippen LogP) is 1.04. The average molecular weight is 486 g/mol. The fourth-order valence-electron chi connectivity index (χ4n) is 5.15. The normalized spacial score (nSPS) is 21.4. The number of hydrogen-bond donors (Lipinski definition) is 3. The number of benzene rings is 1. The fourth-order valence-corrected chi connectivity index (χ4v) is 5.15. The highest BCUT2D eigenvalue weighted by atomic mass is 16.2. The monoisotopic (exact) mass is 485 g/mol. The summed E-state index contributed by atoms with van der Waals surface area (Å²) in [4.78, 5) is 55.6. The van der Waals surface area contributed by atoms with Crippen LogP contribution in [0.5, 0.6) is 0 Å². The zero-order valence-corrected chi connectivity index (χ0v) is 21.2. The van der Waals surface area contributed by atoms with Gasteiger partial charge in [-0.3, -0.25) is 19.2 Å². The Hall–Kier alpha value is -2.78. The smallest absolute Gasteiger partial charge is 0.251 e. The molecule has 4 unspecified atom stereocenters. The molecule has 0 spiro atoms.